The molecule has 1 amide bonds. The summed E-state index contributed by atoms with van der Waals surface area (Å²) in [5, 5.41) is 4.19. The van der Waals surface area contributed by atoms with E-state index in [9.17, 15) is 4.79 Å². The Balaban J connectivity index is 1.65. The molecule has 2 aromatic heterocycles. The van der Waals surface area contributed by atoms with Gasteiger partial charge in [0, 0.05) is 39.1 Å². The van der Waals surface area contributed by atoms with Crippen molar-refractivity contribution in [3.8, 4) is 11.4 Å². The standard InChI is InChI=1S/C17H22N4O2/c1-20-16(6-8-18-20)15-5-3-4-14(19-15)10-13-7-9-21(11-13)17(22)12-23-2/h3-6,8,13H,7,9-12H2,1-2H3/t13-/m1/s1. The van der Waals surface area contributed by atoms with E-state index in [4.69, 9.17) is 9.72 Å². The first-order valence-corrected chi connectivity index (χ1v) is 7.88. The van der Waals surface area contributed by atoms with Crippen LogP contribution in [-0.2, 0) is 23.0 Å². The van der Waals surface area contributed by atoms with Crippen molar-refractivity contribution in [1.29, 1.82) is 0 Å². The lowest BCUT2D eigenvalue weighted by molar-refractivity contribution is -0.134. The molecule has 2 aromatic rings. The minimum Gasteiger partial charge on any atom is -0.375 e. The number of carbonyl (C=O) groups is 1. The molecule has 0 bridgehead atoms. The van der Waals surface area contributed by atoms with Gasteiger partial charge in [-0.1, -0.05) is 6.07 Å². The van der Waals surface area contributed by atoms with Crippen LogP contribution in [0.3, 0.4) is 0 Å². The number of pyridine rings is 1. The highest BCUT2D eigenvalue weighted by Crippen LogP contribution is 2.22. The summed E-state index contributed by atoms with van der Waals surface area (Å²) >= 11 is 0. The highest BCUT2D eigenvalue weighted by Gasteiger charge is 2.26. The molecule has 122 valence electrons. The fourth-order valence-corrected chi connectivity index (χ4v) is 3.10. The van der Waals surface area contributed by atoms with Crippen molar-refractivity contribution < 1.29 is 9.53 Å². The molecule has 1 saturated heterocycles. The quantitative estimate of drug-likeness (QED) is 0.839. The van der Waals surface area contributed by atoms with E-state index in [0.29, 0.717) is 5.92 Å². The fraction of sp³-hybridized carbons (Fsp3) is 0.471. The van der Waals surface area contributed by atoms with Gasteiger partial charge in [0.05, 0.1) is 11.4 Å². The maximum atomic E-state index is 11.9. The van der Waals surface area contributed by atoms with Crippen molar-refractivity contribution in [2.75, 3.05) is 26.8 Å². The van der Waals surface area contributed by atoms with E-state index in [2.05, 4.69) is 11.2 Å². The summed E-state index contributed by atoms with van der Waals surface area (Å²) in [6.07, 6.45) is 3.69. The molecule has 0 aromatic carbocycles. The average Bonchev–Trinajstić information content (AvgIpc) is 3.17. The number of ether oxygens (including phenoxy) is 1. The lowest BCUT2D eigenvalue weighted by atomic mass is 10.0. The monoisotopic (exact) mass is 314 g/mol. The summed E-state index contributed by atoms with van der Waals surface area (Å²) in [6, 6.07) is 8.06. The number of carbonyl (C=O) groups excluding carboxylic acids is 1. The molecule has 3 heterocycles. The SMILES string of the molecule is COCC(=O)N1CC[C@H](Cc2cccc(-c3ccnn3C)n2)C1. The predicted octanol–water partition coefficient (Wildman–Crippen LogP) is 1.52. The first kappa shape index (κ1) is 15.7. The van der Waals surface area contributed by atoms with Crippen LogP contribution in [0.2, 0.25) is 0 Å². The Hall–Kier alpha value is -2.21. The van der Waals surface area contributed by atoms with Crippen LogP contribution in [0.15, 0.2) is 30.5 Å². The van der Waals surface area contributed by atoms with Crippen molar-refractivity contribution in [2.24, 2.45) is 13.0 Å². The Morgan fingerprint density at radius 2 is 2.26 bits per heavy atom. The molecule has 1 aliphatic rings. The smallest absolute Gasteiger partial charge is 0.248 e. The van der Waals surface area contributed by atoms with Crippen LogP contribution in [0, 0.1) is 5.92 Å². The van der Waals surface area contributed by atoms with Gasteiger partial charge in [-0.25, -0.2) is 0 Å². The minimum atomic E-state index is 0.0756. The zero-order chi connectivity index (χ0) is 16.2. The van der Waals surface area contributed by atoms with Crippen LogP contribution in [0.5, 0.6) is 0 Å². The van der Waals surface area contributed by atoms with E-state index < -0.39 is 0 Å². The molecule has 0 radical (unpaired) electrons. The second-order valence-corrected chi connectivity index (χ2v) is 5.99. The lowest BCUT2D eigenvalue weighted by Gasteiger charge is -2.16. The molecule has 0 spiro atoms. The molecule has 1 fully saturated rings. The van der Waals surface area contributed by atoms with E-state index in [1.807, 2.05) is 34.8 Å². The number of aromatic nitrogens is 3. The number of hydrogen-bond acceptors (Lipinski definition) is 4. The van der Waals surface area contributed by atoms with Crippen LogP contribution in [0.1, 0.15) is 12.1 Å². The summed E-state index contributed by atoms with van der Waals surface area (Å²) in [5.41, 5.74) is 3.01. The normalized spacial score (nSPS) is 17.7. The average molecular weight is 314 g/mol. The van der Waals surface area contributed by atoms with Crippen molar-refractivity contribution >= 4 is 5.91 Å². The number of amides is 1. The molecular formula is C17H22N4O2. The molecule has 23 heavy (non-hydrogen) atoms. The van der Waals surface area contributed by atoms with Crippen molar-refractivity contribution in [1.82, 2.24) is 19.7 Å². The van der Waals surface area contributed by atoms with E-state index in [0.717, 1.165) is 43.0 Å². The number of rotatable bonds is 5. The predicted molar refractivity (Wildman–Crippen MR) is 86.7 cm³/mol. The zero-order valence-corrected chi connectivity index (χ0v) is 13.6. The second kappa shape index (κ2) is 6.91. The lowest BCUT2D eigenvalue weighted by Crippen LogP contribution is -2.31. The molecule has 6 heteroatoms. The molecule has 0 N–H and O–H groups in total. The second-order valence-electron chi connectivity index (χ2n) is 5.99. The molecule has 0 saturated carbocycles. The van der Waals surface area contributed by atoms with Crippen LogP contribution in [-0.4, -0.2) is 52.4 Å². The molecule has 0 unspecified atom stereocenters. The van der Waals surface area contributed by atoms with Crippen LogP contribution >= 0.6 is 0 Å². The Morgan fingerprint density at radius 1 is 1.39 bits per heavy atom. The first-order chi connectivity index (χ1) is 11.2. The Labute approximate surface area is 136 Å². The van der Waals surface area contributed by atoms with E-state index >= 15 is 0 Å². The van der Waals surface area contributed by atoms with Crippen LogP contribution in [0.4, 0.5) is 0 Å². The molecule has 3 rings (SSSR count). The van der Waals surface area contributed by atoms with Gasteiger partial charge in [-0.15, -0.1) is 0 Å². The van der Waals surface area contributed by atoms with Crippen LogP contribution < -0.4 is 0 Å². The van der Waals surface area contributed by atoms with Gasteiger partial charge in [0.1, 0.15) is 6.61 Å². The third-order valence-electron chi connectivity index (χ3n) is 4.29. The van der Waals surface area contributed by atoms with Gasteiger partial charge in [-0.3, -0.25) is 14.5 Å². The zero-order valence-electron chi connectivity index (χ0n) is 13.6. The first-order valence-electron chi connectivity index (χ1n) is 7.88. The highest BCUT2D eigenvalue weighted by molar-refractivity contribution is 5.77. The summed E-state index contributed by atoms with van der Waals surface area (Å²) in [6.45, 7) is 1.77. The van der Waals surface area contributed by atoms with Crippen molar-refractivity contribution in [3.63, 3.8) is 0 Å². The molecular weight excluding hydrogens is 292 g/mol. The van der Waals surface area contributed by atoms with Gasteiger partial charge in [-0.2, -0.15) is 5.10 Å². The minimum absolute atomic E-state index is 0.0756. The summed E-state index contributed by atoms with van der Waals surface area (Å²) < 4.78 is 6.75. The molecule has 1 atom stereocenters. The van der Waals surface area contributed by atoms with Crippen LogP contribution in [0.25, 0.3) is 11.4 Å². The maximum absolute atomic E-state index is 11.9. The number of likely N-dealkylation sites (tertiary alicyclic amines) is 1. The Morgan fingerprint density at radius 3 is 3.00 bits per heavy atom. The third kappa shape index (κ3) is 3.59. The summed E-state index contributed by atoms with van der Waals surface area (Å²) in [4.78, 5) is 18.5. The Kier molecular flexibility index (Phi) is 4.71. The van der Waals surface area contributed by atoms with Crippen molar-refractivity contribution in [2.45, 2.75) is 12.8 Å². The largest absolute Gasteiger partial charge is 0.375 e. The maximum Gasteiger partial charge on any atom is 0.248 e. The third-order valence-corrected chi connectivity index (χ3v) is 4.29. The van der Waals surface area contributed by atoms with Gasteiger partial charge in [-0.05, 0) is 37.0 Å². The van der Waals surface area contributed by atoms with Gasteiger partial charge in [0.2, 0.25) is 5.91 Å². The van der Waals surface area contributed by atoms with Crippen molar-refractivity contribution in [3.05, 3.63) is 36.2 Å². The van der Waals surface area contributed by atoms with Gasteiger partial charge < -0.3 is 9.64 Å². The fourth-order valence-electron chi connectivity index (χ4n) is 3.10. The number of methoxy groups -OCH3 is 1. The summed E-state index contributed by atoms with van der Waals surface area (Å²) in [5.74, 6) is 0.539. The number of aryl methyl sites for hydroxylation is 1. The van der Waals surface area contributed by atoms with Gasteiger partial charge >= 0.3 is 0 Å². The molecule has 0 aliphatic carbocycles. The van der Waals surface area contributed by atoms with E-state index in [1.54, 1.807) is 13.3 Å². The number of nitrogens with zero attached hydrogens (tertiary/aromatic N) is 4. The highest BCUT2D eigenvalue weighted by atomic mass is 16.5. The number of hydrogen-bond donors (Lipinski definition) is 0. The molecule has 6 nitrogen and oxygen atoms in total. The topological polar surface area (TPSA) is 60.2 Å². The Bertz CT molecular complexity index is 683. The van der Waals surface area contributed by atoms with Gasteiger partial charge in [0.15, 0.2) is 0 Å². The molecule has 1 aliphatic heterocycles. The van der Waals surface area contributed by atoms with E-state index in [-0.39, 0.29) is 12.5 Å². The van der Waals surface area contributed by atoms with E-state index in [1.165, 1.54) is 0 Å². The summed E-state index contributed by atoms with van der Waals surface area (Å²) in [7, 11) is 3.47. The van der Waals surface area contributed by atoms with Gasteiger partial charge in [0.25, 0.3) is 0 Å².